The molecule has 162 valence electrons. The maximum Gasteiger partial charge on any atom is 0.247 e. The Morgan fingerprint density at radius 3 is 2.38 bits per heavy atom. The van der Waals surface area contributed by atoms with Crippen molar-refractivity contribution < 1.29 is 4.79 Å². The van der Waals surface area contributed by atoms with Crippen LogP contribution in [0, 0.1) is 13.8 Å². The van der Waals surface area contributed by atoms with Crippen LogP contribution < -0.4 is 10.2 Å². The lowest BCUT2D eigenvalue weighted by molar-refractivity contribution is -0.117. The number of pyridine rings is 2. The predicted octanol–water partition coefficient (Wildman–Crippen LogP) is 3.12. The molecule has 0 aliphatic heterocycles. The number of carbonyl (C=O) groups is 1. The van der Waals surface area contributed by atoms with Gasteiger partial charge in [-0.3, -0.25) is 19.4 Å². The van der Waals surface area contributed by atoms with Gasteiger partial charge in [0.2, 0.25) is 5.91 Å². The molecule has 0 radical (unpaired) electrons. The summed E-state index contributed by atoms with van der Waals surface area (Å²) in [6.45, 7) is 3.98. The number of nitrogens with one attached hydrogen (secondary N) is 1. The molecule has 0 fully saturated rings. The Hall–Kier alpha value is -4.14. The Balaban J connectivity index is 1.46. The SMILES string of the molecule is Cc1nn(CC(=O)Nc2ccc(-c3cnccn3)cn2)c(C)c1-c1ccc(N(C)C)nc1. The van der Waals surface area contributed by atoms with E-state index in [4.69, 9.17) is 0 Å². The summed E-state index contributed by atoms with van der Waals surface area (Å²) in [7, 11) is 3.90. The van der Waals surface area contributed by atoms with E-state index in [9.17, 15) is 4.79 Å². The van der Waals surface area contributed by atoms with Crippen LogP contribution >= 0.6 is 0 Å². The zero-order valence-electron chi connectivity index (χ0n) is 18.4. The molecule has 0 atom stereocenters. The molecule has 0 spiro atoms. The van der Waals surface area contributed by atoms with E-state index in [1.807, 2.05) is 57.2 Å². The minimum atomic E-state index is -0.206. The van der Waals surface area contributed by atoms with Crippen LogP contribution in [0.1, 0.15) is 11.4 Å². The molecule has 4 heterocycles. The second kappa shape index (κ2) is 8.93. The second-order valence-corrected chi connectivity index (χ2v) is 7.57. The summed E-state index contributed by atoms with van der Waals surface area (Å²) in [5.41, 5.74) is 5.26. The number of rotatable bonds is 6. The molecular weight excluding hydrogens is 404 g/mol. The highest BCUT2D eigenvalue weighted by molar-refractivity contribution is 5.89. The summed E-state index contributed by atoms with van der Waals surface area (Å²) in [5.74, 6) is 1.14. The molecule has 4 rings (SSSR count). The van der Waals surface area contributed by atoms with E-state index < -0.39 is 0 Å². The van der Waals surface area contributed by atoms with Gasteiger partial charge in [-0.25, -0.2) is 9.97 Å². The number of anilines is 2. The molecule has 32 heavy (non-hydrogen) atoms. The largest absolute Gasteiger partial charge is 0.363 e. The summed E-state index contributed by atoms with van der Waals surface area (Å²) >= 11 is 0. The highest BCUT2D eigenvalue weighted by Gasteiger charge is 2.16. The summed E-state index contributed by atoms with van der Waals surface area (Å²) in [5, 5.41) is 7.38. The van der Waals surface area contributed by atoms with Crippen LogP contribution in [-0.4, -0.2) is 49.7 Å². The first-order valence-corrected chi connectivity index (χ1v) is 10.1. The van der Waals surface area contributed by atoms with Crippen molar-refractivity contribution in [2.45, 2.75) is 20.4 Å². The standard InChI is InChI=1S/C23H24N8O/c1-15-23(18-6-8-21(27-12-18)30(3)4)16(2)31(29-15)14-22(32)28-20-7-5-17(11-26-20)19-13-24-9-10-25-19/h5-13H,14H2,1-4H3,(H,26,28,32). The summed E-state index contributed by atoms with van der Waals surface area (Å²) in [4.78, 5) is 31.7. The third kappa shape index (κ3) is 4.46. The molecule has 0 saturated heterocycles. The number of nitrogens with zero attached hydrogens (tertiary/aromatic N) is 7. The average Bonchev–Trinajstić information content (AvgIpc) is 3.07. The van der Waals surface area contributed by atoms with Crippen LogP contribution in [0.25, 0.3) is 22.4 Å². The van der Waals surface area contributed by atoms with E-state index in [1.54, 1.807) is 35.5 Å². The van der Waals surface area contributed by atoms with Crippen LogP contribution in [0.15, 0.2) is 55.2 Å². The topological polar surface area (TPSA) is 102 Å². The molecule has 9 heteroatoms. The first kappa shape index (κ1) is 21.1. The zero-order valence-corrected chi connectivity index (χ0v) is 18.4. The lowest BCUT2D eigenvalue weighted by Gasteiger charge is -2.11. The fraction of sp³-hybridized carbons (Fsp3) is 0.217. The minimum Gasteiger partial charge on any atom is -0.363 e. The summed E-state index contributed by atoms with van der Waals surface area (Å²) in [6, 6.07) is 7.58. The molecule has 0 aliphatic rings. The van der Waals surface area contributed by atoms with Gasteiger partial charge in [0, 0.05) is 61.3 Å². The smallest absolute Gasteiger partial charge is 0.247 e. The van der Waals surface area contributed by atoms with Crippen LogP contribution in [0.5, 0.6) is 0 Å². The second-order valence-electron chi connectivity index (χ2n) is 7.57. The van der Waals surface area contributed by atoms with Crippen LogP contribution in [0.3, 0.4) is 0 Å². The van der Waals surface area contributed by atoms with Gasteiger partial charge in [-0.1, -0.05) is 0 Å². The van der Waals surface area contributed by atoms with E-state index in [2.05, 4.69) is 30.4 Å². The van der Waals surface area contributed by atoms with Crippen molar-refractivity contribution >= 4 is 17.5 Å². The Kier molecular flexibility index (Phi) is 5.89. The normalized spacial score (nSPS) is 10.8. The Morgan fingerprint density at radius 1 is 0.969 bits per heavy atom. The predicted molar refractivity (Wildman–Crippen MR) is 123 cm³/mol. The molecule has 4 aromatic rings. The van der Waals surface area contributed by atoms with Gasteiger partial charge in [0.25, 0.3) is 0 Å². The van der Waals surface area contributed by atoms with Gasteiger partial charge in [0.05, 0.1) is 17.6 Å². The first-order valence-electron chi connectivity index (χ1n) is 10.1. The molecule has 1 amide bonds. The Bertz CT molecular complexity index is 1220. The first-order chi connectivity index (χ1) is 15.4. The molecule has 0 bridgehead atoms. The third-order valence-corrected chi connectivity index (χ3v) is 5.06. The third-order valence-electron chi connectivity index (χ3n) is 5.06. The average molecular weight is 429 g/mol. The number of hydrogen-bond donors (Lipinski definition) is 1. The van der Waals surface area contributed by atoms with E-state index in [1.165, 1.54) is 0 Å². The highest BCUT2D eigenvalue weighted by atomic mass is 16.2. The van der Waals surface area contributed by atoms with Gasteiger partial charge in [0.1, 0.15) is 18.2 Å². The molecule has 4 aromatic heterocycles. The van der Waals surface area contributed by atoms with E-state index in [0.717, 1.165) is 39.6 Å². The molecule has 0 aliphatic carbocycles. The molecule has 0 saturated carbocycles. The zero-order chi connectivity index (χ0) is 22.7. The van der Waals surface area contributed by atoms with Gasteiger partial charge in [-0.15, -0.1) is 0 Å². The van der Waals surface area contributed by atoms with Crippen molar-refractivity contribution in [2.24, 2.45) is 0 Å². The van der Waals surface area contributed by atoms with Crippen molar-refractivity contribution in [3.8, 4) is 22.4 Å². The Morgan fingerprint density at radius 2 is 1.75 bits per heavy atom. The minimum absolute atomic E-state index is 0.0868. The lowest BCUT2D eigenvalue weighted by Crippen LogP contribution is -2.20. The van der Waals surface area contributed by atoms with Crippen molar-refractivity contribution in [3.63, 3.8) is 0 Å². The quantitative estimate of drug-likeness (QED) is 0.503. The fourth-order valence-corrected chi connectivity index (χ4v) is 3.45. The molecular formula is C23H24N8O. The molecule has 0 unspecified atom stereocenters. The summed E-state index contributed by atoms with van der Waals surface area (Å²) < 4.78 is 1.70. The number of aryl methyl sites for hydroxylation is 1. The van der Waals surface area contributed by atoms with Crippen LogP contribution in [0.4, 0.5) is 11.6 Å². The van der Waals surface area contributed by atoms with Gasteiger partial charge in [-0.05, 0) is 38.1 Å². The molecule has 9 nitrogen and oxygen atoms in total. The Labute approximate surface area is 186 Å². The van der Waals surface area contributed by atoms with Crippen LogP contribution in [-0.2, 0) is 11.3 Å². The van der Waals surface area contributed by atoms with Crippen molar-refractivity contribution in [2.75, 3.05) is 24.3 Å². The van der Waals surface area contributed by atoms with Gasteiger partial charge >= 0.3 is 0 Å². The number of carbonyl (C=O) groups excluding carboxylic acids is 1. The maximum atomic E-state index is 12.6. The van der Waals surface area contributed by atoms with Crippen LogP contribution in [0.2, 0.25) is 0 Å². The van der Waals surface area contributed by atoms with E-state index in [-0.39, 0.29) is 12.5 Å². The molecule has 0 aromatic carbocycles. The van der Waals surface area contributed by atoms with E-state index >= 15 is 0 Å². The fourth-order valence-electron chi connectivity index (χ4n) is 3.45. The van der Waals surface area contributed by atoms with Gasteiger partial charge < -0.3 is 10.2 Å². The van der Waals surface area contributed by atoms with Gasteiger partial charge in [0.15, 0.2) is 0 Å². The summed E-state index contributed by atoms with van der Waals surface area (Å²) in [6.07, 6.45) is 8.40. The van der Waals surface area contributed by atoms with Crippen molar-refractivity contribution in [3.05, 3.63) is 66.6 Å². The number of hydrogen-bond acceptors (Lipinski definition) is 7. The number of aromatic nitrogens is 6. The maximum absolute atomic E-state index is 12.6. The van der Waals surface area contributed by atoms with Crippen molar-refractivity contribution in [1.29, 1.82) is 0 Å². The molecule has 1 N–H and O–H groups in total. The highest BCUT2D eigenvalue weighted by Crippen LogP contribution is 2.27. The monoisotopic (exact) mass is 428 g/mol. The van der Waals surface area contributed by atoms with Gasteiger partial charge in [-0.2, -0.15) is 5.10 Å². The number of amides is 1. The van der Waals surface area contributed by atoms with Crippen molar-refractivity contribution in [1.82, 2.24) is 29.7 Å². The lowest BCUT2D eigenvalue weighted by atomic mass is 10.1. The van der Waals surface area contributed by atoms with E-state index in [0.29, 0.717) is 5.82 Å².